The van der Waals surface area contributed by atoms with Gasteiger partial charge in [-0.2, -0.15) is 0 Å². The maximum atomic E-state index is 11.4. The second-order valence-electron chi connectivity index (χ2n) is 6.30. The Labute approximate surface area is 133 Å². The monoisotopic (exact) mass is 330 g/mol. The summed E-state index contributed by atoms with van der Waals surface area (Å²) in [5.74, 6) is 0. The fraction of sp³-hybridized carbons (Fsp3) is 0.600. The van der Waals surface area contributed by atoms with E-state index in [4.69, 9.17) is 0 Å². The fourth-order valence-electron chi connectivity index (χ4n) is 3.41. The second-order valence-corrected chi connectivity index (χ2v) is 8.32. The largest absolute Gasteiger partial charge is 0.316 e. The molecule has 0 radical (unpaired) electrons. The average molecular weight is 331 g/mol. The van der Waals surface area contributed by atoms with E-state index >= 15 is 0 Å². The number of likely N-dealkylation sites (tertiary alicyclic amines) is 1. The molecule has 0 amide bonds. The van der Waals surface area contributed by atoms with Crippen LogP contribution in [0.5, 0.6) is 0 Å². The SMILES string of the molecule is CS(=O)(=O)c1ccc(CN2CCC3(CCNC3)C2)cc1.Cl. The van der Waals surface area contributed by atoms with E-state index < -0.39 is 9.84 Å². The van der Waals surface area contributed by atoms with E-state index in [-0.39, 0.29) is 12.4 Å². The summed E-state index contributed by atoms with van der Waals surface area (Å²) in [4.78, 5) is 2.89. The molecule has 2 aliphatic rings. The Hall–Kier alpha value is -0.620. The molecule has 1 atom stereocenters. The highest BCUT2D eigenvalue weighted by molar-refractivity contribution is 7.90. The van der Waals surface area contributed by atoms with Gasteiger partial charge < -0.3 is 5.32 Å². The maximum absolute atomic E-state index is 11.4. The highest BCUT2D eigenvalue weighted by atomic mass is 35.5. The molecule has 0 saturated carbocycles. The van der Waals surface area contributed by atoms with E-state index in [2.05, 4.69) is 10.2 Å². The van der Waals surface area contributed by atoms with Crippen LogP contribution in [0.3, 0.4) is 0 Å². The maximum Gasteiger partial charge on any atom is 0.175 e. The number of hydrogen-bond donors (Lipinski definition) is 1. The quantitative estimate of drug-likeness (QED) is 0.916. The molecule has 118 valence electrons. The van der Waals surface area contributed by atoms with E-state index in [0.717, 1.165) is 32.7 Å². The highest BCUT2D eigenvalue weighted by Gasteiger charge is 2.39. The highest BCUT2D eigenvalue weighted by Crippen LogP contribution is 2.36. The Morgan fingerprint density at radius 3 is 2.52 bits per heavy atom. The lowest BCUT2D eigenvalue weighted by molar-refractivity contribution is 0.268. The van der Waals surface area contributed by atoms with Gasteiger partial charge in [0.2, 0.25) is 0 Å². The summed E-state index contributed by atoms with van der Waals surface area (Å²) in [6, 6.07) is 7.31. The summed E-state index contributed by atoms with van der Waals surface area (Å²) in [6.45, 7) is 5.53. The van der Waals surface area contributed by atoms with Crippen molar-refractivity contribution in [2.75, 3.05) is 32.4 Å². The predicted molar refractivity (Wildman–Crippen MR) is 86.6 cm³/mol. The topological polar surface area (TPSA) is 49.4 Å². The minimum atomic E-state index is -3.09. The van der Waals surface area contributed by atoms with Crippen LogP contribution < -0.4 is 5.32 Å². The number of nitrogens with one attached hydrogen (secondary N) is 1. The van der Waals surface area contributed by atoms with Crippen LogP contribution in [0.4, 0.5) is 0 Å². The molecule has 0 aromatic heterocycles. The minimum absolute atomic E-state index is 0. The summed E-state index contributed by atoms with van der Waals surface area (Å²) in [6.07, 6.45) is 3.82. The first-order chi connectivity index (χ1) is 9.47. The lowest BCUT2D eigenvalue weighted by atomic mass is 9.87. The summed E-state index contributed by atoms with van der Waals surface area (Å²) in [7, 11) is -3.09. The molecule has 0 aliphatic carbocycles. The zero-order valence-corrected chi connectivity index (χ0v) is 14.0. The van der Waals surface area contributed by atoms with Gasteiger partial charge in [0.05, 0.1) is 4.90 Å². The van der Waals surface area contributed by atoms with E-state index in [9.17, 15) is 8.42 Å². The third-order valence-electron chi connectivity index (χ3n) is 4.61. The number of benzene rings is 1. The predicted octanol–water partition coefficient (Wildman–Crippen LogP) is 1.70. The van der Waals surface area contributed by atoms with E-state index in [1.54, 1.807) is 12.1 Å². The number of hydrogen-bond acceptors (Lipinski definition) is 4. The lowest BCUT2D eigenvalue weighted by Crippen LogP contribution is -2.28. The van der Waals surface area contributed by atoms with Crippen molar-refractivity contribution in [2.45, 2.75) is 24.3 Å². The Morgan fingerprint density at radius 1 is 1.24 bits per heavy atom. The summed E-state index contributed by atoms with van der Waals surface area (Å²) < 4.78 is 22.9. The average Bonchev–Trinajstić information content (AvgIpc) is 3.00. The minimum Gasteiger partial charge on any atom is -0.316 e. The first kappa shape index (κ1) is 16.7. The van der Waals surface area contributed by atoms with Gasteiger partial charge in [-0.3, -0.25) is 4.90 Å². The first-order valence-electron chi connectivity index (χ1n) is 7.19. The van der Waals surface area contributed by atoms with Gasteiger partial charge in [-0.25, -0.2) is 8.42 Å². The second kappa shape index (κ2) is 6.24. The van der Waals surface area contributed by atoms with Crippen molar-refractivity contribution in [3.63, 3.8) is 0 Å². The van der Waals surface area contributed by atoms with Gasteiger partial charge in [0, 0.05) is 25.9 Å². The molecule has 4 nitrogen and oxygen atoms in total. The van der Waals surface area contributed by atoms with Gasteiger partial charge in [-0.05, 0) is 49.0 Å². The molecule has 1 spiro atoms. The van der Waals surface area contributed by atoms with Crippen molar-refractivity contribution in [1.29, 1.82) is 0 Å². The summed E-state index contributed by atoms with van der Waals surface area (Å²) in [5, 5.41) is 3.47. The zero-order valence-electron chi connectivity index (χ0n) is 12.3. The standard InChI is InChI=1S/C15H22N2O2S.ClH/c1-20(18,19)14-4-2-13(3-5-14)10-17-9-7-15(12-17)6-8-16-11-15;/h2-5,16H,6-12H2,1H3;1H. The van der Waals surface area contributed by atoms with Gasteiger partial charge >= 0.3 is 0 Å². The van der Waals surface area contributed by atoms with Gasteiger partial charge in [-0.1, -0.05) is 12.1 Å². The molecule has 1 aromatic carbocycles. The molecule has 2 aliphatic heterocycles. The van der Waals surface area contributed by atoms with Crippen LogP contribution in [-0.4, -0.2) is 45.8 Å². The summed E-state index contributed by atoms with van der Waals surface area (Å²) >= 11 is 0. The van der Waals surface area contributed by atoms with E-state index in [1.165, 1.54) is 24.7 Å². The van der Waals surface area contributed by atoms with Crippen LogP contribution in [0.1, 0.15) is 18.4 Å². The smallest absolute Gasteiger partial charge is 0.175 e. The molecule has 21 heavy (non-hydrogen) atoms. The molecule has 2 saturated heterocycles. The molecule has 3 rings (SSSR count). The first-order valence-corrected chi connectivity index (χ1v) is 9.08. The van der Waals surface area contributed by atoms with Crippen LogP contribution in [0, 0.1) is 5.41 Å². The fourth-order valence-corrected chi connectivity index (χ4v) is 4.04. The zero-order chi connectivity index (χ0) is 14.2. The van der Waals surface area contributed by atoms with Crippen molar-refractivity contribution >= 4 is 22.2 Å². The van der Waals surface area contributed by atoms with Crippen LogP contribution in [0.15, 0.2) is 29.2 Å². The molecule has 2 heterocycles. The van der Waals surface area contributed by atoms with Crippen molar-refractivity contribution < 1.29 is 8.42 Å². The van der Waals surface area contributed by atoms with Gasteiger partial charge in [0.15, 0.2) is 9.84 Å². The molecular weight excluding hydrogens is 308 g/mol. The Kier molecular flexibility index (Phi) is 4.98. The van der Waals surface area contributed by atoms with Crippen LogP contribution in [0.25, 0.3) is 0 Å². The molecule has 1 unspecified atom stereocenters. The Bertz CT molecular complexity index is 580. The van der Waals surface area contributed by atoms with Crippen molar-refractivity contribution in [3.8, 4) is 0 Å². The molecule has 1 N–H and O–H groups in total. The van der Waals surface area contributed by atoms with Gasteiger partial charge in [0.1, 0.15) is 0 Å². The van der Waals surface area contributed by atoms with Crippen LogP contribution in [-0.2, 0) is 16.4 Å². The number of halogens is 1. The normalized spacial score (nSPS) is 26.1. The molecule has 0 bridgehead atoms. The van der Waals surface area contributed by atoms with Crippen molar-refractivity contribution in [3.05, 3.63) is 29.8 Å². The van der Waals surface area contributed by atoms with E-state index in [0.29, 0.717) is 10.3 Å². The van der Waals surface area contributed by atoms with Gasteiger partial charge in [-0.15, -0.1) is 12.4 Å². The molecular formula is C15H23ClN2O2S. The summed E-state index contributed by atoms with van der Waals surface area (Å²) in [5.41, 5.74) is 1.69. The van der Waals surface area contributed by atoms with Crippen molar-refractivity contribution in [2.24, 2.45) is 5.41 Å². The number of sulfone groups is 1. The van der Waals surface area contributed by atoms with Crippen LogP contribution in [0.2, 0.25) is 0 Å². The Balaban J connectivity index is 0.00000161. The Morgan fingerprint density at radius 2 is 1.95 bits per heavy atom. The lowest BCUT2D eigenvalue weighted by Gasteiger charge is -2.22. The van der Waals surface area contributed by atoms with E-state index in [1.807, 2.05) is 12.1 Å². The van der Waals surface area contributed by atoms with Crippen LogP contribution >= 0.6 is 12.4 Å². The number of rotatable bonds is 3. The third-order valence-corrected chi connectivity index (χ3v) is 5.74. The molecule has 6 heteroatoms. The van der Waals surface area contributed by atoms with Crippen molar-refractivity contribution in [1.82, 2.24) is 10.2 Å². The van der Waals surface area contributed by atoms with Gasteiger partial charge in [0.25, 0.3) is 0 Å². The third kappa shape index (κ3) is 3.77. The molecule has 2 fully saturated rings. The molecule has 1 aromatic rings. The number of nitrogens with zero attached hydrogens (tertiary/aromatic N) is 1.